The summed E-state index contributed by atoms with van der Waals surface area (Å²) in [5.74, 6) is 0.443. The van der Waals surface area contributed by atoms with Crippen LogP contribution in [0.2, 0.25) is 0 Å². The Morgan fingerprint density at radius 3 is 2.87 bits per heavy atom. The predicted octanol–water partition coefficient (Wildman–Crippen LogP) is 2.44. The van der Waals surface area contributed by atoms with E-state index in [1.165, 1.54) is 0 Å². The molecule has 0 heterocycles. The molecule has 0 atom stereocenters. The van der Waals surface area contributed by atoms with Crippen LogP contribution in [0.15, 0.2) is 36.0 Å². The molecule has 0 unspecified atom stereocenters. The van der Waals surface area contributed by atoms with E-state index < -0.39 is 0 Å². The molecule has 3 heteroatoms. The van der Waals surface area contributed by atoms with Crippen LogP contribution < -0.4 is 5.32 Å². The summed E-state index contributed by atoms with van der Waals surface area (Å²) in [5, 5.41) is 12.2. The maximum Gasteiger partial charge on any atom is 0.160 e. The van der Waals surface area contributed by atoms with E-state index in [1.807, 2.05) is 6.07 Å². The molecule has 0 aliphatic heterocycles. The molecule has 1 saturated carbocycles. The van der Waals surface area contributed by atoms with E-state index in [0.717, 1.165) is 24.1 Å². The first-order valence-corrected chi connectivity index (χ1v) is 5.03. The number of aromatic hydroxyl groups is 1. The van der Waals surface area contributed by atoms with Gasteiger partial charge in [-0.05, 0) is 25.0 Å². The number of benzene rings is 1. The standard InChI is InChI=1S/C12H13NO2/c14-11-5-2-4-10(7-11)13-8-9-3-1-6-12(9)15/h2,4-5,7-8,13-14H,1,3,6H2/b9-8-. The van der Waals surface area contributed by atoms with Gasteiger partial charge in [-0.25, -0.2) is 0 Å². The molecule has 0 bridgehead atoms. The van der Waals surface area contributed by atoms with Crippen molar-refractivity contribution in [2.45, 2.75) is 19.3 Å². The van der Waals surface area contributed by atoms with Crippen LogP contribution in [-0.4, -0.2) is 10.9 Å². The molecular weight excluding hydrogens is 190 g/mol. The number of nitrogens with one attached hydrogen (secondary N) is 1. The van der Waals surface area contributed by atoms with Crippen molar-refractivity contribution in [3.63, 3.8) is 0 Å². The third kappa shape index (κ3) is 2.37. The molecule has 1 aliphatic rings. The fraction of sp³-hybridized carbons (Fsp3) is 0.250. The average molecular weight is 203 g/mol. The molecule has 0 saturated heterocycles. The third-order valence-corrected chi connectivity index (χ3v) is 2.47. The van der Waals surface area contributed by atoms with Gasteiger partial charge in [-0.3, -0.25) is 4.79 Å². The first kappa shape index (κ1) is 9.77. The van der Waals surface area contributed by atoms with Crippen molar-refractivity contribution in [1.29, 1.82) is 0 Å². The first-order chi connectivity index (χ1) is 7.25. The topological polar surface area (TPSA) is 49.3 Å². The lowest BCUT2D eigenvalue weighted by atomic mass is 10.2. The molecule has 15 heavy (non-hydrogen) atoms. The molecule has 0 radical (unpaired) electrons. The van der Waals surface area contributed by atoms with Crippen LogP contribution in [0.25, 0.3) is 0 Å². The Bertz CT molecular complexity index is 410. The number of phenolic OH excluding ortho intramolecular Hbond substituents is 1. The number of allylic oxidation sites excluding steroid dienone is 1. The van der Waals surface area contributed by atoms with Crippen molar-refractivity contribution in [1.82, 2.24) is 0 Å². The zero-order valence-electron chi connectivity index (χ0n) is 8.36. The van der Waals surface area contributed by atoms with Crippen LogP contribution in [0.5, 0.6) is 5.75 Å². The summed E-state index contributed by atoms with van der Waals surface area (Å²) in [6, 6.07) is 6.83. The molecule has 78 valence electrons. The van der Waals surface area contributed by atoms with E-state index in [-0.39, 0.29) is 11.5 Å². The third-order valence-electron chi connectivity index (χ3n) is 2.47. The minimum Gasteiger partial charge on any atom is -0.508 e. The Labute approximate surface area is 88.4 Å². The van der Waals surface area contributed by atoms with Crippen LogP contribution in [0.3, 0.4) is 0 Å². The van der Waals surface area contributed by atoms with Gasteiger partial charge >= 0.3 is 0 Å². The molecular formula is C12H13NO2. The zero-order valence-corrected chi connectivity index (χ0v) is 8.36. The summed E-state index contributed by atoms with van der Waals surface area (Å²) in [4.78, 5) is 11.3. The van der Waals surface area contributed by atoms with Gasteiger partial charge < -0.3 is 10.4 Å². The zero-order chi connectivity index (χ0) is 10.7. The second-order valence-electron chi connectivity index (χ2n) is 3.64. The lowest BCUT2D eigenvalue weighted by Gasteiger charge is -2.02. The molecule has 2 rings (SSSR count). The summed E-state index contributed by atoms with van der Waals surface area (Å²) < 4.78 is 0. The van der Waals surface area contributed by atoms with Gasteiger partial charge in [0, 0.05) is 29.9 Å². The summed E-state index contributed by atoms with van der Waals surface area (Å²) in [7, 11) is 0. The van der Waals surface area contributed by atoms with E-state index in [0.29, 0.717) is 6.42 Å². The number of hydrogen-bond acceptors (Lipinski definition) is 3. The number of carbonyl (C=O) groups excluding carboxylic acids is 1. The highest BCUT2D eigenvalue weighted by molar-refractivity contribution is 5.97. The van der Waals surface area contributed by atoms with E-state index in [4.69, 9.17) is 0 Å². The van der Waals surface area contributed by atoms with Crippen molar-refractivity contribution >= 4 is 11.5 Å². The Morgan fingerprint density at radius 2 is 2.20 bits per heavy atom. The Morgan fingerprint density at radius 1 is 1.33 bits per heavy atom. The minimum atomic E-state index is 0.219. The Balaban J connectivity index is 2.06. The number of ketones is 1. The number of rotatable bonds is 2. The number of anilines is 1. The van der Waals surface area contributed by atoms with E-state index >= 15 is 0 Å². The normalized spacial score (nSPS) is 18.4. The fourth-order valence-corrected chi connectivity index (χ4v) is 1.66. The van der Waals surface area contributed by atoms with Gasteiger partial charge in [-0.1, -0.05) is 6.07 Å². The monoisotopic (exact) mass is 203 g/mol. The highest BCUT2D eigenvalue weighted by Gasteiger charge is 2.16. The highest BCUT2D eigenvalue weighted by atomic mass is 16.3. The second kappa shape index (κ2) is 4.17. The number of carbonyl (C=O) groups is 1. The molecule has 2 N–H and O–H groups in total. The molecule has 3 nitrogen and oxygen atoms in total. The molecule has 0 spiro atoms. The SMILES string of the molecule is O=C1CCC/C1=C/Nc1cccc(O)c1. The van der Waals surface area contributed by atoms with Gasteiger partial charge in [-0.2, -0.15) is 0 Å². The largest absolute Gasteiger partial charge is 0.508 e. The van der Waals surface area contributed by atoms with Gasteiger partial charge in [-0.15, -0.1) is 0 Å². The van der Waals surface area contributed by atoms with Crippen molar-refractivity contribution < 1.29 is 9.90 Å². The van der Waals surface area contributed by atoms with Crippen LogP contribution >= 0.6 is 0 Å². The van der Waals surface area contributed by atoms with E-state index in [9.17, 15) is 9.90 Å². The maximum atomic E-state index is 11.3. The van der Waals surface area contributed by atoms with Crippen LogP contribution in [0.1, 0.15) is 19.3 Å². The predicted molar refractivity (Wildman–Crippen MR) is 58.7 cm³/mol. The lowest BCUT2D eigenvalue weighted by Crippen LogP contribution is -1.96. The number of phenols is 1. The van der Waals surface area contributed by atoms with Gasteiger partial charge in [0.25, 0.3) is 0 Å². The van der Waals surface area contributed by atoms with Crippen LogP contribution in [-0.2, 0) is 4.79 Å². The van der Waals surface area contributed by atoms with Crippen LogP contribution in [0, 0.1) is 0 Å². The molecule has 1 aromatic rings. The molecule has 1 aromatic carbocycles. The van der Waals surface area contributed by atoms with Crippen LogP contribution in [0.4, 0.5) is 5.69 Å². The summed E-state index contributed by atoms with van der Waals surface area (Å²) >= 11 is 0. The molecule has 1 aliphatic carbocycles. The van der Waals surface area contributed by atoms with Crippen molar-refractivity contribution in [3.05, 3.63) is 36.0 Å². The van der Waals surface area contributed by atoms with Crippen molar-refractivity contribution in [2.75, 3.05) is 5.32 Å². The van der Waals surface area contributed by atoms with Crippen molar-refractivity contribution in [2.24, 2.45) is 0 Å². The second-order valence-corrected chi connectivity index (χ2v) is 3.64. The highest BCUT2D eigenvalue weighted by Crippen LogP contribution is 2.21. The summed E-state index contributed by atoms with van der Waals surface area (Å²) in [6.07, 6.45) is 4.20. The van der Waals surface area contributed by atoms with Crippen molar-refractivity contribution in [3.8, 4) is 5.75 Å². The molecule has 0 aromatic heterocycles. The quantitative estimate of drug-likeness (QED) is 0.726. The van der Waals surface area contributed by atoms with Gasteiger partial charge in [0.15, 0.2) is 5.78 Å². The van der Waals surface area contributed by atoms with Gasteiger partial charge in [0.05, 0.1) is 0 Å². The summed E-state index contributed by atoms with van der Waals surface area (Å²) in [5.41, 5.74) is 1.64. The van der Waals surface area contributed by atoms with E-state index in [1.54, 1.807) is 24.4 Å². The number of hydrogen-bond donors (Lipinski definition) is 2. The number of Topliss-reactive ketones (excluding diaryl/α,β-unsaturated/α-hetero) is 1. The average Bonchev–Trinajstić information content (AvgIpc) is 2.61. The van der Waals surface area contributed by atoms with E-state index in [2.05, 4.69) is 5.32 Å². The summed E-state index contributed by atoms with van der Waals surface area (Å²) in [6.45, 7) is 0. The Hall–Kier alpha value is -1.77. The van der Waals surface area contributed by atoms with Gasteiger partial charge in [0.2, 0.25) is 0 Å². The first-order valence-electron chi connectivity index (χ1n) is 5.03. The smallest absolute Gasteiger partial charge is 0.160 e. The van der Waals surface area contributed by atoms with Gasteiger partial charge in [0.1, 0.15) is 5.75 Å². The minimum absolute atomic E-state index is 0.219. The Kier molecular flexibility index (Phi) is 2.72. The lowest BCUT2D eigenvalue weighted by molar-refractivity contribution is -0.114. The molecule has 0 amide bonds. The molecule has 1 fully saturated rings. The maximum absolute atomic E-state index is 11.3. The fourth-order valence-electron chi connectivity index (χ4n) is 1.66.